The van der Waals surface area contributed by atoms with Crippen LogP contribution in [0.2, 0.25) is 0 Å². The topological polar surface area (TPSA) is 105 Å². The molecule has 0 aromatic carbocycles. The van der Waals surface area contributed by atoms with Crippen molar-refractivity contribution in [2.75, 3.05) is 51.5 Å². The molecule has 2 atom stereocenters. The lowest BCUT2D eigenvalue weighted by Crippen LogP contribution is -2.51. The molecule has 0 aliphatic carbocycles. The second kappa shape index (κ2) is 6.73. The maximum atomic E-state index is 12.8. The van der Waals surface area contributed by atoms with Crippen molar-refractivity contribution in [3.05, 3.63) is 6.07 Å². The number of carbonyl (C=O) groups is 2. The Labute approximate surface area is 146 Å². The number of anilines is 2. The summed E-state index contributed by atoms with van der Waals surface area (Å²) < 4.78 is 5.16. The van der Waals surface area contributed by atoms with Crippen LogP contribution in [0, 0.1) is 5.92 Å². The number of rotatable bonds is 4. The summed E-state index contributed by atoms with van der Waals surface area (Å²) in [5.74, 6) is 1.01. The molecule has 2 N–H and O–H groups in total. The number of carbonyl (C=O) groups excluding carboxylic acids is 2. The highest BCUT2D eigenvalue weighted by Gasteiger charge is 2.41. The molecule has 3 aliphatic heterocycles. The summed E-state index contributed by atoms with van der Waals surface area (Å²) in [5.41, 5.74) is 5.76. The molecule has 2 amide bonds. The number of nitrogens with two attached hydrogens (primary N) is 1. The van der Waals surface area contributed by atoms with Gasteiger partial charge in [0.2, 0.25) is 23.6 Å². The Kier molecular flexibility index (Phi) is 4.65. The van der Waals surface area contributed by atoms with E-state index < -0.39 is 0 Å². The number of likely N-dealkylation sites (N-methyl/N-ethyl adjacent to an activating group) is 1. The molecule has 3 aliphatic rings. The molecule has 136 valence electrons. The molecule has 25 heavy (non-hydrogen) atoms. The van der Waals surface area contributed by atoms with Gasteiger partial charge in [-0.25, -0.2) is 0 Å². The van der Waals surface area contributed by atoms with E-state index in [4.69, 9.17) is 10.5 Å². The molecule has 9 heteroatoms. The first-order valence-corrected chi connectivity index (χ1v) is 8.33. The van der Waals surface area contributed by atoms with Crippen LogP contribution in [0.3, 0.4) is 0 Å². The van der Waals surface area contributed by atoms with Crippen LogP contribution in [0.5, 0.6) is 5.88 Å². The summed E-state index contributed by atoms with van der Waals surface area (Å²) in [6.07, 6.45) is 1.70. The number of piperidine rings is 1. The molecular weight excluding hydrogens is 324 g/mol. The lowest BCUT2D eigenvalue weighted by molar-refractivity contribution is -0.145. The Morgan fingerprint density at radius 2 is 2.12 bits per heavy atom. The summed E-state index contributed by atoms with van der Waals surface area (Å²) >= 11 is 0. The van der Waals surface area contributed by atoms with Crippen molar-refractivity contribution in [3.8, 4) is 5.88 Å². The second-order valence-corrected chi connectivity index (χ2v) is 6.71. The Morgan fingerprint density at radius 1 is 1.36 bits per heavy atom. The van der Waals surface area contributed by atoms with Gasteiger partial charge in [-0.2, -0.15) is 9.97 Å². The summed E-state index contributed by atoms with van der Waals surface area (Å²) in [4.78, 5) is 38.4. The van der Waals surface area contributed by atoms with Gasteiger partial charge in [-0.15, -0.1) is 0 Å². The minimum atomic E-state index is -0.143. The average Bonchev–Trinajstić information content (AvgIpc) is 2.87. The quantitative estimate of drug-likeness (QED) is 0.788. The van der Waals surface area contributed by atoms with E-state index in [2.05, 4.69) is 9.97 Å². The van der Waals surface area contributed by atoms with Crippen molar-refractivity contribution in [3.63, 3.8) is 0 Å². The lowest BCUT2D eigenvalue weighted by atomic mass is 9.94. The average molecular weight is 348 g/mol. The van der Waals surface area contributed by atoms with Gasteiger partial charge in [0, 0.05) is 39.3 Å². The van der Waals surface area contributed by atoms with Gasteiger partial charge in [0.1, 0.15) is 12.4 Å². The fraction of sp³-hybridized carbons (Fsp3) is 0.625. The van der Waals surface area contributed by atoms with E-state index in [0.29, 0.717) is 24.8 Å². The van der Waals surface area contributed by atoms with Crippen molar-refractivity contribution in [1.82, 2.24) is 19.8 Å². The summed E-state index contributed by atoms with van der Waals surface area (Å²) in [6, 6.07) is 1.71. The Balaban J connectivity index is 1.84. The van der Waals surface area contributed by atoms with Crippen LogP contribution in [-0.2, 0) is 9.59 Å². The molecule has 0 saturated carbocycles. The van der Waals surface area contributed by atoms with Crippen LogP contribution in [0.4, 0.5) is 11.8 Å². The lowest BCUT2D eigenvalue weighted by Gasteiger charge is -2.35. The fourth-order valence-electron chi connectivity index (χ4n) is 3.42. The van der Waals surface area contributed by atoms with Crippen molar-refractivity contribution in [2.24, 2.45) is 5.92 Å². The van der Waals surface area contributed by atoms with Crippen LogP contribution in [0.15, 0.2) is 6.07 Å². The van der Waals surface area contributed by atoms with E-state index in [9.17, 15) is 9.59 Å². The minimum Gasteiger partial charge on any atom is -0.481 e. The highest BCUT2D eigenvalue weighted by molar-refractivity contribution is 5.87. The zero-order valence-electron chi connectivity index (χ0n) is 14.8. The van der Waals surface area contributed by atoms with Gasteiger partial charge in [0.15, 0.2) is 0 Å². The molecule has 0 spiro atoms. The van der Waals surface area contributed by atoms with Gasteiger partial charge in [-0.05, 0) is 12.8 Å². The SMILES string of the molecule is COc1cc(N2C[C@@H]3CC[C@H](C2)N(CC(=O)N(C)C)C3=O)nc(N)n1. The Hall–Kier alpha value is -2.58. The molecule has 2 bridgehead atoms. The monoisotopic (exact) mass is 348 g/mol. The number of amides is 2. The molecule has 3 saturated heterocycles. The molecular formula is C16H24N6O3. The predicted octanol–water partition coefficient (Wildman–Crippen LogP) is -0.417. The predicted molar refractivity (Wildman–Crippen MR) is 92.1 cm³/mol. The third kappa shape index (κ3) is 3.45. The normalized spacial score (nSPS) is 22.8. The number of nitrogen functional groups attached to an aromatic ring is 1. The number of fused-ring (bicyclic) bond motifs is 4. The second-order valence-electron chi connectivity index (χ2n) is 6.71. The number of aromatic nitrogens is 2. The number of hydrogen-bond donors (Lipinski definition) is 1. The number of methoxy groups -OCH3 is 1. The van der Waals surface area contributed by atoms with E-state index in [1.807, 2.05) is 4.90 Å². The largest absolute Gasteiger partial charge is 0.481 e. The molecule has 9 nitrogen and oxygen atoms in total. The molecule has 4 rings (SSSR count). The van der Waals surface area contributed by atoms with Crippen LogP contribution in [0.1, 0.15) is 12.8 Å². The van der Waals surface area contributed by atoms with Gasteiger partial charge in [-0.3, -0.25) is 9.59 Å². The first-order valence-electron chi connectivity index (χ1n) is 8.33. The van der Waals surface area contributed by atoms with Crippen molar-refractivity contribution >= 4 is 23.6 Å². The Bertz CT molecular complexity index is 680. The van der Waals surface area contributed by atoms with E-state index in [1.165, 1.54) is 12.0 Å². The van der Waals surface area contributed by atoms with Gasteiger partial charge in [-0.1, -0.05) is 0 Å². The number of ether oxygens (including phenoxy) is 1. The van der Waals surface area contributed by atoms with E-state index in [1.54, 1.807) is 25.1 Å². The molecule has 0 radical (unpaired) electrons. The zero-order valence-corrected chi connectivity index (χ0v) is 14.8. The molecule has 4 heterocycles. The van der Waals surface area contributed by atoms with Gasteiger partial charge < -0.3 is 25.2 Å². The van der Waals surface area contributed by atoms with Crippen LogP contribution in [0.25, 0.3) is 0 Å². The summed E-state index contributed by atoms with van der Waals surface area (Å²) in [5, 5.41) is 0. The third-order valence-corrected chi connectivity index (χ3v) is 4.84. The zero-order chi connectivity index (χ0) is 18.1. The van der Waals surface area contributed by atoms with Gasteiger partial charge >= 0.3 is 0 Å². The van der Waals surface area contributed by atoms with Gasteiger partial charge in [0.05, 0.1) is 13.0 Å². The highest BCUT2D eigenvalue weighted by atomic mass is 16.5. The first kappa shape index (κ1) is 17.2. The summed E-state index contributed by atoms with van der Waals surface area (Å²) in [6.45, 7) is 1.29. The van der Waals surface area contributed by atoms with Crippen molar-refractivity contribution < 1.29 is 14.3 Å². The van der Waals surface area contributed by atoms with Crippen molar-refractivity contribution in [1.29, 1.82) is 0 Å². The van der Waals surface area contributed by atoms with E-state index in [-0.39, 0.29) is 36.3 Å². The van der Waals surface area contributed by atoms with Crippen LogP contribution >= 0.6 is 0 Å². The molecule has 3 fully saturated rings. The molecule has 1 aromatic rings. The standard InChI is InChI=1S/C16H24N6O3/c1-20(2)14(23)9-22-11-5-4-10(15(22)24)7-21(8-11)12-6-13(25-3)19-16(17)18-12/h6,10-11H,4-5,7-9H2,1-3H3,(H2,17,18,19)/t10-,11+/m0/s1. The summed E-state index contributed by atoms with van der Waals surface area (Å²) in [7, 11) is 4.92. The maximum Gasteiger partial charge on any atom is 0.241 e. The highest BCUT2D eigenvalue weighted by Crippen LogP contribution is 2.32. The smallest absolute Gasteiger partial charge is 0.241 e. The fourth-order valence-corrected chi connectivity index (χ4v) is 3.42. The number of hydrogen-bond acceptors (Lipinski definition) is 7. The number of nitrogens with zero attached hydrogens (tertiary/aromatic N) is 5. The van der Waals surface area contributed by atoms with Crippen LogP contribution in [-0.4, -0.2) is 78.5 Å². The van der Waals surface area contributed by atoms with E-state index >= 15 is 0 Å². The minimum absolute atomic E-state index is 0.0164. The first-order chi connectivity index (χ1) is 11.9. The maximum absolute atomic E-state index is 12.8. The van der Waals surface area contributed by atoms with Crippen molar-refractivity contribution in [2.45, 2.75) is 18.9 Å². The van der Waals surface area contributed by atoms with Crippen LogP contribution < -0.4 is 15.4 Å². The Morgan fingerprint density at radius 3 is 2.80 bits per heavy atom. The third-order valence-electron chi connectivity index (χ3n) is 4.84. The molecule has 1 aromatic heterocycles. The molecule has 0 unspecified atom stereocenters. The van der Waals surface area contributed by atoms with E-state index in [0.717, 1.165) is 12.8 Å². The van der Waals surface area contributed by atoms with Gasteiger partial charge in [0.25, 0.3) is 0 Å².